The van der Waals surface area contributed by atoms with Gasteiger partial charge in [-0.3, -0.25) is 4.79 Å². The number of esters is 1. The molecule has 1 atom stereocenters. The number of rotatable bonds is 6. The van der Waals surface area contributed by atoms with Crippen molar-refractivity contribution in [3.05, 3.63) is 84.1 Å². The first-order valence-electron chi connectivity index (χ1n) is 9.54. The second-order valence-electron chi connectivity index (χ2n) is 7.02. The first-order chi connectivity index (χ1) is 14.2. The average Bonchev–Trinajstić information content (AvgIpc) is 3.16. The standard InChI is InChI=1S/C24H22N2O3/c1-29-24(28)22(13-18-15-25-21-12-5-4-11-20(18)21)26-23(27)14-17-9-6-8-16-7-2-3-10-19(16)17/h2-12,15,22,25H,13-14H2,1H3,(H,26,27)/t22-/m1/s1. The Kier molecular flexibility index (Phi) is 5.29. The molecule has 0 spiro atoms. The third kappa shape index (κ3) is 3.99. The summed E-state index contributed by atoms with van der Waals surface area (Å²) in [6, 6.07) is 21.0. The van der Waals surface area contributed by atoms with Crippen molar-refractivity contribution in [2.45, 2.75) is 18.9 Å². The van der Waals surface area contributed by atoms with E-state index in [1.54, 1.807) is 0 Å². The number of para-hydroxylation sites is 1. The molecule has 1 amide bonds. The highest BCUT2D eigenvalue weighted by atomic mass is 16.5. The molecule has 4 rings (SSSR count). The number of aromatic amines is 1. The Balaban J connectivity index is 1.53. The summed E-state index contributed by atoms with van der Waals surface area (Å²) in [4.78, 5) is 28.3. The van der Waals surface area contributed by atoms with E-state index in [0.717, 1.165) is 32.8 Å². The fraction of sp³-hybridized carbons (Fsp3) is 0.167. The van der Waals surface area contributed by atoms with Crippen molar-refractivity contribution in [3.63, 3.8) is 0 Å². The van der Waals surface area contributed by atoms with Crippen molar-refractivity contribution < 1.29 is 14.3 Å². The number of ether oxygens (including phenoxy) is 1. The Bertz CT molecular complexity index is 1170. The van der Waals surface area contributed by atoms with E-state index < -0.39 is 12.0 Å². The van der Waals surface area contributed by atoms with Gasteiger partial charge >= 0.3 is 5.97 Å². The number of fused-ring (bicyclic) bond motifs is 2. The lowest BCUT2D eigenvalue weighted by Crippen LogP contribution is -2.43. The summed E-state index contributed by atoms with van der Waals surface area (Å²) >= 11 is 0. The van der Waals surface area contributed by atoms with Gasteiger partial charge in [-0.25, -0.2) is 4.79 Å². The van der Waals surface area contributed by atoms with Crippen LogP contribution >= 0.6 is 0 Å². The maximum Gasteiger partial charge on any atom is 0.328 e. The molecule has 0 radical (unpaired) electrons. The molecule has 0 bridgehead atoms. The zero-order valence-corrected chi connectivity index (χ0v) is 16.1. The third-order valence-electron chi connectivity index (χ3n) is 5.15. The van der Waals surface area contributed by atoms with Crippen molar-refractivity contribution in [2.24, 2.45) is 0 Å². The summed E-state index contributed by atoms with van der Waals surface area (Å²) in [6.07, 6.45) is 2.43. The SMILES string of the molecule is COC(=O)[C@@H](Cc1c[nH]c2ccccc12)NC(=O)Cc1cccc2ccccc12. The molecule has 1 heterocycles. The van der Waals surface area contributed by atoms with E-state index in [1.807, 2.05) is 72.9 Å². The predicted molar refractivity (Wildman–Crippen MR) is 114 cm³/mol. The molecule has 0 aliphatic heterocycles. The van der Waals surface area contributed by atoms with Crippen LogP contribution in [0.5, 0.6) is 0 Å². The number of hydrogen-bond donors (Lipinski definition) is 2. The quantitative estimate of drug-likeness (QED) is 0.496. The molecule has 2 N–H and O–H groups in total. The number of H-pyrrole nitrogens is 1. The zero-order chi connectivity index (χ0) is 20.2. The molecular weight excluding hydrogens is 364 g/mol. The number of benzene rings is 3. The van der Waals surface area contributed by atoms with Crippen LogP contribution in [0.4, 0.5) is 0 Å². The lowest BCUT2D eigenvalue weighted by atomic mass is 10.0. The van der Waals surface area contributed by atoms with Crippen LogP contribution in [-0.2, 0) is 27.2 Å². The molecule has 3 aromatic carbocycles. The fourth-order valence-electron chi connectivity index (χ4n) is 3.72. The maximum atomic E-state index is 12.8. The third-order valence-corrected chi connectivity index (χ3v) is 5.15. The highest BCUT2D eigenvalue weighted by molar-refractivity contribution is 5.92. The van der Waals surface area contributed by atoms with Crippen LogP contribution in [0.2, 0.25) is 0 Å². The Hall–Kier alpha value is -3.60. The van der Waals surface area contributed by atoms with Crippen LogP contribution < -0.4 is 5.32 Å². The van der Waals surface area contributed by atoms with E-state index >= 15 is 0 Å². The lowest BCUT2D eigenvalue weighted by molar-refractivity contribution is -0.145. The number of methoxy groups -OCH3 is 1. The van der Waals surface area contributed by atoms with Gasteiger partial charge < -0.3 is 15.0 Å². The summed E-state index contributed by atoms with van der Waals surface area (Å²) in [5.74, 6) is -0.668. The highest BCUT2D eigenvalue weighted by Gasteiger charge is 2.23. The zero-order valence-electron chi connectivity index (χ0n) is 16.1. The minimum atomic E-state index is -0.748. The Labute approximate surface area is 168 Å². The molecule has 146 valence electrons. The summed E-state index contributed by atoms with van der Waals surface area (Å²) in [7, 11) is 1.33. The first-order valence-corrected chi connectivity index (χ1v) is 9.54. The van der Waals surface area contributed by atoms with Crippen molar-refractivity contribution in [1.29, 1.82) is 0 Å². The van der Waals surface area contributed by atoms with Crippen molar-refractivity contribution >= 4 is 33.6 Å². The topological polar surface area (TPSA) is 71.2 Å². The molecule has 1 aromatic heterocycles. The molecular formula is C24H22N2O3. The van der Waals surface area contributed by atoms with Crippen LogP contribution in [0.3, 0.4) is 0 Å². The minimum Gasteiger partial charge on any atom is -0.467 e. The van der Waals surface area contributed by atoms with Gasteiger partial charge in [0, 0.05) is 23.5 Å². The molecule has 0 fully saturated rings. The van der Waals surface area contributed by atoms with E-state index in [2.05, 4.69) is 10.3 Å². The normalized spacial score (nSPS) is 12.0. The number of aromatic nitrogens is 1. The first kappa shape index (κ1) is 18.7. The van der Waals surface area contributed by atoms with Crippen LogP contribution in [0.15, 0.2) is 72.9 Å². The Morgan fingerprint density at radius 1 is 0.931 bits per heavy atom. The molecule has 0 saturated carbocycles. The maximum absolute atomic E-state index is 12.8. The predicted octanol–water partition coefficient (Wildman–Crippen LogP) is 3.76. The van der Waals surface area contributed by atoms with Crippen LogP contribution in [0.25, 0.3) is 21.7 Å². The number of nitrogens with one attached hydrogen (secondary N) is 2. The number of carbonyl (C=O) groups excluding carboxylic acids is 2. The Morgan fingerprint density at radius 3 is 2.48 bits per heavy atom. The second-order valence-corrected chi connectivity index (χ2v) is 7.02. The molecule has 0 aliphatic rings. The molecule has 4 aromatic rings. The van der Waals surface area contributed by atoms with Gasteiger partial charge in [0.05, 0.1) is 13.5 Å². The lowest BCUT2D eigenvalue weighted by Gasteiger charge is -2.17. The molecule has 0 saturated heterocycles. The molecule has 5 heteroatoms. The van der Waals surface area contributed by atoms with E-state index in [0.29, 0.717) is 6.42 Å². The van der Waals surface area contributed by atoms with Gasteiger partial charge in [-0.2, -0.15) is 0 Å². The number of hydrogen-bond acceptors (Lipinski definition) is 3. The van der Waals surface area contributed by atoms with Gasteiger partial charge in [-0.15, -0.1) is 0 Å². The van der Waals surface area contributed by atoms with Crippen molar-refractivity contribution in [2.75, 3.05) is 7.11 Å². The fourth-order valence-corrected chi connectivity index (χ4v) is 3.72. The van der Waals surface area contributed by atoms with Crippen LogP contribution in [-0.4, -0.2) is 30.0 Å². The second kappa shape index (κ2) is 8.19. The van der Waals surface area contributed by atoms with Crippen LogP contribution in [0, 0.1) is 0 Å². The van der Waals surface area contributed by atoms with Gasteiger partial charge in [0.15, 0.2) is 0 Å². The van der Waals surface area contributed by atoms with Gasteiger partial charge in [-0.1, -0.05) is 60.7 Å². The van der Waals surface area contributed by atoms with E-state index in [4.69, 9.17) is 4.74 Å². The Morgan fingerprint density at radius 2 is 1.66 bits per heavy atom. The van der Waals surface area contributed by atoms with E-state index in [-0.39, 0.29) is 12.3 Å². The number of carbonyl (C=O) groups is 2. The molecule has 29 heavy (non-hydrogen) atoms. The largest absolute Gasteiger partial charge is 0.467 e. The summed E-state index contributed by atoms with van der Waals surface area (Å²) < 4.78 is 4.93. The summed E-state index contributed by atoms with van der Waals surface area (Å²) in [6.45, 7) is 0. The minimum absolute atomic E-state index is 0.197. The number of amides is 1. The van der Waals surface area contributed by atoms with Crippen molar-refractivity contribution in [3.8, 4) is 0 Å². The van der Waals surface area contributed by atoms with E-state index in [9.17, 15) is 9.59 Å². The van der Waals surface area contributed by atoms with Crippen LogP contribution in [0.1, 0.15) is 11.1 Å². The summed E-state index contributed by atoms with van der Waals surface area (Å²) in [5.41, 5.74) is 2.88. The van der Waals surface area contributed by atoms with Crippen molar-refractivity contribution in [1.82, 2.24) is 10.3 Å². The smallest absolute Gasteiger partial charge is 0.328 e. The molecule has 0 aliphatic carbocycles. The van der Waals surface area contributed by atoms with Gasteiger partial charge in [0.25, 0.3) is 0 Å². The molecule has 0 unspecified atom stereocenters. The van der Waals surface area contributed by atoms with Gasteiger partial charge in [0.1, 0.15) is 6.04 Å². The van der Waals surface area contributed by atoms with Gasteiger partial charge in [-0.05, 0) is 28.0 Å². The van der Waals surface area contributed by atoms with Gasteiger partial charge in [0.2, 0.25) is 5.91 Å². The highest BCUT2D eigenvalue weighted by Crippen LogP contribution is 2.21. The summed E-state index contributed by atoms with van der Waals surface area (Å²) in [5, 5.41) is 6.01. The molecule has 5 nitrogen and oxygen atoms in total. The van der Waals surface area contributed by atoms with E-state index in [1.165, 1.54) is 7.11 Å². The average molecular weight is 386 g/mol. The monoisotopic (exact) mass is 386 g/mol.